The number of fused-ring (bicyclic) bond motifs is 2. The summed E-state index contributed by atoms with van der Waals surface area (Å²) in [7, 11) is 0. The number of amides is 1. The first-order chi connectivity index (χ1) is 14.6. The number of hydrogen-bond donors (Lipinski definition) is 0. The van der Waals surface area contributed by atoms with E-state index in [1.165, 1.54) is 0 Å². The van der Waals surface area contributed by atoms with Gasteiger partial charge in [0.25, 0.3) is 0 Å². The van der Waals surface area contributed by atoms with E-state index in [1.54, 1.807) is 11.8 Å². The van der Waals surface area contributed by atoms with Crippen molar-refractivity contribution in [3.8, 4) is 0 Å². The molecule has 162 valence electrons. The van der Waals surface area contributed by atoms with Crippen molar-refractivity contribution in [1.82, 2.24) is 4.90 Å². The maximum absolute atomic E-state index is 13.0. The standard InChI is InChI=1S/C25H27ClN2O3/c1-16(29)13-18-14-28(23(30)31-24(2,3)4)15-25(18)20-7-5-6-8-21(20)27-22(25)17-9-11-19(26)12-10-17/h5-12,18H,13-15H2,1-4H3. The van der Waals surface area contributed by atoms with Crippen molar-refractivity contribution >= 4 is 34.9 Å². The average Bonchev–Trinajstić information content (AvgIpc) is 3.21. The summed E-state index contributed by atoms with van der Waals surface area (Å²) in [6.45, 7) is 8.03. The maximum atomic E-state index is 13.0. The number of carbonyl (C=O) groups is 2. The quantitative estimate of drug-likeness (QED) is 0.630. The summed E-state index contributed by atoms with van der Waals surface area (Å²) in [5.41, 5.74) is 2.59. The molecule has 2 aliphatic heterocycles. The minimum Gasteiger partial charge on any atom is -0.444 e. The van der Waals surface area contributed by atoms with E-state index < -0.39 is 11.0 Å². The number of para-hydroxylation sites is 1. The number of rotatable bonds is 3. The van der Waals surface area contributed by atoms with Crippen molar-refractivity contribution in [2.75, 3.05) is 13.1 Å². The molecule has 2 heterocycles. The van der Waals surface area contributed by atoms with Crippen molar-refractivity contribution in [1.29, 1.82) is 0 Å². The zero-order chi connectivity index (χ0) is 22.4. The largest absolute Gasteiger partial charge is 0.444 e. The van der Waals surface area contributed by atoms with Gasteiger partial charge in [0.05, 0.1) is 16.8 Å². The van der Waals surface area contributed by atoms with E-state index in [9.17, 15) is 9.59 Å². The van der Waals surface area contributed by atoms with Gasteiger partial charge in [0.2, 0.25) is 0 Å². The van der Waals surface area contributed by atoms with E-state index in [1.807, 2.05) is 63.2 Å². The predicted octanol–water partition coefficient (Wildman–Crippen LogP) is 5.56. The molecule has 2 atom stereocenters. The zero-order valence-corrected chi connectivity index (χ0v) is 19.1. The summed E-state index contributed by atoms with van der Waals surface area (Å²) >= 11 is 6.13. The van der Waals surface area contributed by atoms with Crippen LogP contribution in [-0.2, 0) is 14.9 Å². The molecule has 2 aromatic carbocycles. The Morgan fingerprint density at radius 1 is 1.16 bits per heavy atom. The lowest BCUT2D eigenvalue weighted by Crippen LogP contribution is -2.43. The van der Waals surface area contributed by atoms with Crippen molar-refractivity contribution in [3.05, 3.63) is 64.7 Å². The Morgan fingerprint density at radius 2 is 1.84 bits per heavy atom. The smallest absolute Gasteiger partial charge is 0.410 e. The number of aliphatic imine (C=N–C) groups is 1. The first-order valence-corrected chi connectivity index (χ1v) is 10.9. The number of ketones is 1. The highest BCUT2D eigenvalue weighted by Gasteiger charge is 2.56. The molecule has 5 nitrogen and oxygen atoms in total. The molecular weight excluding hydrogens is 412 g/mol. The molecule has 1 saturated heterocycles. The topological polar surface area (TPSA) is 59.0 Å². The van der Waals surface area contributed by atoms with Crippen molar-refractivity contribution in [3.63, 3.8) is 0 Å². The van der Waals surface area contributed by atoms with Gasteiger partial charge in [-0.3, -0.25) is 4.99 Å². The summed E-state index contributed by atoms with van der Waals surface area (Å²) in [6, 6.07) is 15.6. The van der Waals surface area contributed by atoms with Crippen molar-refractivity contribution < 1.29 is 14.3 Å². The molecule has 6 heteroatoms. The third-order valence-corrected chi connectivity index (χ3v) is 6.17. The normalized spacial score (nSPS) is 22.4. The van der Waals surface area contributed by atoms with Crippen molar-refractivity contribution in [2.24, 2.45) is 10.9 Å². The second-order valence-corrected chi connectivity index (χ2v) is 9.86. The van der Waals surface area contributed by atoms with Crippen LogP contribution in [0.25, 0.3) is 0 Å². The Labute approximate surface area is 188 Å². The van der Waals surface area contributed by atoms with Crippen LogP contribution in [0.15, 0.2) is 53.5 Å². The number of ether oxygens (including phenoxy) is 1. The summed E-state index contributed by atoms with van der Waals surface area (Å²) in [5.74, 6) is -0.00847. The van der Waals surface area contributed by atoms with Crippen LogP contribution in [0.3, 0.4) is 0 Å². The van der Waals surface area contributed by atoms with E-state index >= 15 is 0 Å². The van der Waals surface area contributed by atoms with E-state index in [2.05, 4.69) is 6.07 Å². The second kappa shape index (κ2) is 7.79. The molecule has 2 aliphatic rings. The Kier molecular flexibility index (Phi) is 5.42. The predicted molar refractivity (Wildman–Crippen MR) is 122 cm³/mol. The van der Waals surface area contributed by atoms with Gasteiger partial charge in [0.15, 0.2) is 0 Å². The average molecular weight is 439 g/mol. The lowest BCUT2D eigenvalue weighted by Gasteiger charge is -2.33. The number of halogens is 1. The first-order valence-electron chi connectivity index (χ1n) is 10.5. The van der Waals surface area contributed by atoms with Gasteiger partial charge in [0.1, 0.15) is 11.4 Å². The number of benzene rings is 2. The van der Waals surface area contributed by atoms with Crippen LogP contribution in [0.1, 0.15) is 45.2 Å². The highest BCUT2D eigenvalue weighted by atomic mass is 35.5. The molecule has 4 rings (SSSR count). The van der Waals surface area contributed by atoms with Crippen LogP contribution in [0.2, 0.25) is 5.02 Å². The minimum absolute atomic E-state index is 0.0928. The molecule has 0 saturated carbocycles. The first kappa shape index (κ1) is 21.6. The molecule has 2 aromatic rings. The third-order valence-electron chi connectivity index (χ3n) is 5.92. The van der Waals surface area contributed by atoms with E-state index in [0.29, 0.717) is 24.5 Å². The molecule has 0 bridgehead atoms. The second-order valence-electron chi connectivity index (χ2n) is 9.42. The number of carbonyl (C=O) groups excluding carboxylic acids is 2. The molecule has 1 fully saturated rings. The molecule has 0 aromatic heterocycles. The van der Waals surface area contributed by atoms with Gasteiger partial charge in [-0.05, 0) is 57.0 Å². The molecule has 1 amide bonds. The van der Waals surface area contributed by atoms with Gasteiger partial charge >= 0.3 is 6.09 Å². The highest BCUT2D eigenvalue weighted by Crippen LogP contribution is 2.51. The number of Topliss-reactive ketones (excluding diaryl/α,β-unsaturated/α-hetero) is 1. The van der Waals surface area contributed by atoms with Gasteiger partial charge in [-0.15, -0.1) is 0 Å². The fourth-order valence-electron chi connectivity index (χ4n) is 4.77. The van der Waals surface area contributed by atoms with Gasteiger partial charge in [-0.25, -0.2) is 4.79 Å². The van der Waals surface area contributed by atoms with Gasteiger partial charge in [-0.2, -0.15) is 0 Å². The molecule has 0 radical (unpaired) electrons. The number of likely N-dealkylation sites (tertiary alicyclic amines) is 1. The molecule has 1 spiro atoms. The van der Waals surface area contributed by atoms with E-state index in [-0.39, 0.29) is 17.8 Å². The van der Waals surface area contributed by atoms with Gasteiger partial charge in [0, 0.05) is 30.5 Å². The number of nitrogens with zero attached hydrogens (tertiary/aromatic N) is 2. The molecular formula is C25H27ClN2O3. The SMILES string of the molecule is CC(=O)CC1CN(C(=O)OC(C)(C)C)CC12C(c1ccc(Cl)cc1)=Nc1ccccc12. The Balaban J connectivity index is 1.83. The summed E-state index contributed by atoms with van der Waals surface area (Å²) in [5, 5.41) is 0.649. The summed E-state index contributed by atoms with van der Waals surface area (Å²) < 4.78 is 5.67. The monoisotopic (exact) mass is 438 g/mol. The lowest BCUT2D eigenvalue weighted by molar-refractivity contribution is -0.118. The van der Waals surface area contributed by atoms with E-state index in [0.717, 1.165) is 22.5 Å². The summed E-state index contributed by atoms with van der Waals surface area (Å²) in [6.07, 6.45) is -0.00183. The fraction of sp³-hybridized carbons (Fsp3) is 0.400. The van der Waals surface area contributed by atoms with Crippen LogP contribution >= 0.6 is 11.6 Å². The summed E-state index contributed by atoms with van der Waals surface area (Å²) in [4.78, 5) is 32.0. The Morgan fingerprint density at radius 3 is 2.48 bits per heavy atom. The van der Waals surface area contributed by atoms with Gasteiger partial charge < -0.3 is 14.4 Å². The van der Waals surface area contributed by atoms with Crippen molar-refractivity contribution in [2.45, 2.75) is 45.1 Å². The third kappa shape index (κ3) is 3.99. The maximum Gasteiger partial charge on any atom is 0.410 e. The number of hydrogen-bond acceptors (Lipinski definition) is 4. The van der Waals surface area contributed by atoms with Crippen LogP contribution in [0.4, 0.5) is 10.5 Å². The van der Waals surface area contributed by atoms with Crippen LogP contribution in [0, 0.1) is 5.92 Å². The Hall–Kier alpha value is -2.66. The molecule has 31 heavy (non-hydrogen) atoms. The zero-order valence-electron chi connectivity index (χ0n) is 18.3. The highest BCUT2D eigenvalue weighted by molar-refractivity contribution is 6.30. The lowest BCUT2D eigenvalue weighted by atomic mass is 9.67. The Bertz CT molecular complexity index is 1060. The fourth-order valence-corrected chi connectivity index (χ4v) is 4.89. The minimum atomic E-state index is -0.594. The van der Waals surface area contributed by atoms with Crippen LogP contribution in [-0.4, -0.2) is 41.2 Å². The molecule has 0 aliphatic carbocycles. The van der Waals surface area contributed by atoms with Crippen LogP contribution < -0.4 is 0 Å². The van der Waals surface area contributed by atoms with Gasteiger partial charge in [-0.1, -0.05) is 41.9 Å². The van der Waals surface area contributed by atoms with Crippen LogP contribution in [0.5, 0.6) is 0 Å². The molecule has 2 unspecified atom stereocenters. The molecule has 0 N–H and O–H groups in total. The van der Waals surface area contributed by atoms with E-state index in [4.69, 9.17) is 21.3 Å².